The quantitative estimate of drug-likeness (QED) is 0.795. The summed E-state index contributed by atoms with van der Waals surface area (Å²) in [5.74, 6) is -2.89. The smallest absolute Gasteiger partial charge is 0.257 e. The number of hydrogen-bond acceptors (Lipinski definition) is 3. The van der Waals surface area contributed by atoms with E-state index in [9.17, 15) is 13.6 Å². The summed E-state index contributed by atoms with van der Waals surface area (Å²) < 4.78 is 26.7. The van der Waals surface area contributed by atoms with E-state index in [4.69, 9.17) is 0 Å². The number of halogens is 2. The van der Waals surface area contributed by atoms with Crippen LogP contribution >= 0.6 is 0 Å². The Bertz CT molecular complexity index is 487. The molecule has 2 rings (SSSR count). The molecule has 1 aliphatic heterocycles. The Labute approximate surface area is 117 Å². The molecule has 0 bridgehead atoms. The number of piperidine rings is 1. The maximum atomic E-state index is 13.6. The Balaban J connectivity index is 2.07. The van der Waals surface area contributed by atoms with Gasteiger partial charge >= 0.3 is 0 Å². The Kier molecular flexibility index (Phi) is 4.65. The summed E-state index contributed by atoms with van der Waals surface area (Å²) in [4.78, 5) is 19.3. The molecular weight excluding hydrogens is 264 g/mol. The minimum absolute atomic E-state index is 0.0703. The van der Waals surface area contributed by atoms with Gasteiger partial charge in [-0.3, -0.25) is 4.79 Å². The van der Waals surface area contributed by atoms with E-state index in [2.05, 4.69) is 16.8 Å². The number of likely N-dealkylation sites (tertiary alicyclic amines) is 1. The van der Waals surface area contributed by atoms with Gasteiger partial charge in [0.15, 0.2) is 5.82 Å². The molecule has 4 nitrogen and oxygen atoms in total. The summed E-state index contributed by atoms with van der Waals surface area (Å²) in [6.45, 7) is 4.94. The Hall–Kier alpha value is -1.56. The van der Waals surface area contributed by atoms with Crippen LogP contribution < -0.4 is 0 Å². The topological polar surface area (TPSA) is 36.4 Å². The summed E-state index contributed by atoms with van der Waals surface area (Å²) in [5, 5.41) is 0. The van der Waals surface area contributed by atoms with Crippen molar-refractivity contribution in [2.75, 3.05) is 26.7 Å². The van der Waals surface area contributed by atoms with Crippen molar-refractivity contribution in [2.24, 2.45) is 0 Å². The number of hydrogen-bond donors (Lipinski definition) is 0. The van der Waals surface area contributed by atoms with Crippen molar-refractivity contribution in [3.8, 4) is 0 Å². The highest BCUT2D eigenvalue weighted by atomic mass is 19.2. The van der Waals surface area contributed by atoms with Gasteiger partial charge in [0.2, 0.25) is 5.95 Å². The van der Waals surface area contributed by atoms with E-state index in [1.54, 1.807) is 7.05 Å². The van der Waals surface area contributed by atoms with Gasteiger partial charge in [-0.25, -0.2) is 9.37 Å². The molecule has 20 heavy (non-hydrogen) atoms. The zero-order valence-corrected chi connectivity index (χ0v) is 11.8. The Morgan fingerprint density at radius 1 is 1.45 bits per heavy atom. The molecule has 1 saturated heterocycles. The van der Waals surface area contributed by atoms with E-state index < -0.39 is 17.7 Å². The summed E-state index contributed by atoms with van der Waals surface area (Å²) in [7, 11) is 1.65. The van der Waals surface area contributed by atoms with Gasteiger partial charge in [0.25, 0.3) is 5.91 Å². The molecule has 0 aromatic carbocycles. The van der Waals surface area contributed by atoms with Crippen molar-refractivity contribution in [1.82, 2.24) is 14.8 Å². The van der Waals surface area contributed by atoms with Crippen LogP contribution in [0.25, 0.3) is 0 Å². The normalized spacial score (nSPS) is 17.2. The lowest BCUT2D eigenvalue weighted by molar-refractivity contribution is 0.0641. The zero-order valence-electron chi connectivity index (χ0n) is 11.8. The monoisotopic (exact) mass is 283 g/mol. The molecule has 1 fully saturated rings. The van der Waals surface area contributed by atoms with Crippen molar-refractivity contribution >= 4 is 5.91 Å². The van der Waals surface area contributed by atoms with Crippen molar-refractivity contribution in [3.05, 3.63) is 29.6 Å². The van der Waals surface area contributed by atoms with Crippen molar-refractivity contribution in [2.45, 2.75) is 25.8 Å². The molecule has 0 unspecified atom stereocenters. The molecule has 0 radical (unpaired) electrons. The number of carbonyl (C=O) groups is 1. The molecule has 1 aromatic rings. The average Bonchev–Trinajstić information content (AvgIpc) is 2.48. The number of nitrogens with zero attached hydrogens (tertiary/aromatic N) is 3. The van der Waals surface area contributed by atoms with E-state index in [1.165, 1.54) is 11.0 Å². The van der Waals surface area contributed by atoms with E-state index in [0.717, 1.165) is 38.7 Å². The number of aromatic nitrogens is 1. The van der Waals surface area contributed by atoms with E-state index in [-0.39, 0.29) is 11.6 Å². The predicted molar refractivity (Wildman–Crippen MR) is 71.4 cm³/mol. The number of carbonyl (C=O) groups excluding carboxylic acids is 1. The lowest BCUT2D eigenvalue weighted by atomic mass is 10.0. The van der Waals surface area contributed by atoms with Crippen LogP contribution in [0.3, 0.4) is 0 Å². The molecule has 6 heteroatoms. The molecule has 1 aromatic heterocycles. The van der Waals surface area contributed by atoms with Gasteiger partial charge in [-0.1, -0.05) is 6.92 Å². The van der Waals surface area contributed by atoms with Gasteiger partial charge in [0.05, 0.1) is 5.56 Å². The third-order valence-corrected chi connectivity index (χ3v) is 3.95. The summed E-state index contributed by atoms with van der Waals surface area (Å²) in [5.41, 5.74) is -0.252. The SMILES string of the molecule is CCN1CCC(N(C)C(=O)c2ccnc(F)c2F)CC1. The van der Waals surface area contributed by atoms with Crippen LogP contribution in [-0.4, -0.2) is 53.4 Å². The first-order valence-corrected chi connectivity index (χ1v) is 6.84. The first-order valence-electron chi connectivity index (χ1n) is 6.84. The van der Waals surface area contributed by atoms with Gasteiger partial charge in [0.1, 0.15) is 0 Å². The van der Waals surface area contributed by atoms with Crippen molar-refractivity contribution in [1.29, 1.82) is 0 Å². The molecule has 0 atom stereocenters. The van der Waals surface area contributed by atoms with Crippen LogP contribution in [0.4, 0.5) is 8.78 Å². The van der Waals surface area contributed by atoms with Gasteiger partial charge in [-0.2, -0.15) is 4.39 Å². The first kappa shape index (κ1) is 14.8. The highest BCUT2D eigenvalue weighted by Crippen LogP contribution is 2.19. The maximum absolute atomic E-state index is 13.6. The molecule has 0 aliphatic carbocycles. The number of pyridine rings is 1. The Morgan fingerprint density at radius 2 is 2.10 bits per heavy atom. The lowest BCUT2D eigenvalue weighted by Crippen LogP contribution is -2.45. The second-order valence-corrected chi connectivity index (χ2v) is 5.04. The molecular formula is C14H19F2N3O. The second-order valence-electron chi connectivity index (χ2n) is 5.04. The zero-order chi connectivity index (χ0) is 14.7. The van der Waals surface area contributed by atoms with Crippen molar-refractivity contribution < 1.29 is 13.6 Å². The van der Waals surface area contributed by atoms with E-state index in [0.29, 0.717) is 0 Å². The van der Waals surface area contributed by atoms with Gasteiger partial charge in [-0.05, 0) is 25.5 Å². The fourth-order valence-corrected chi connectivity index (χ4v) is 2.56. The summed E-state index contributed by atoms with van der Waals surface area (Å²) in [6, 6.07) is 1.29. The fourth-order valence-electron chi connectivity index (χ4n) is 2.56. The molecule has 110 valence electrons. The maximum Gasteiger partial charge on any atom is 0.257 e. The summed E-state index contributed by atoms with van der Waals surface area (Å²) >= 11 is 0. The largest absolute Gasteiger partial charge is 0.339 e. The summed E-state index contributed by atoms with van der Waals surface area (Å²) in [6.07, 6.45) is 2.82. The minimum atomic E-state index is -1.23. The van der Waals surface area contributed by atoms with Crippen LogP contribution in [0.1, 0.15) is 30.1 Å². The third kappa shape index (κ3) is 2.95. The standard InChI is InChI=1S/C14H19F2N3O/c1-3-19-8-5-10(6-9-19)18(2)14(20)11-4-7-17-13(16)12(11)15/h4,7,10H,3,5-6,8-9H2,1-2H3. The second kappa shape index (κ2) is 6.26. The van der Waals surface area contributed by atoms with Gasteiger partial charge in [-0.15, -0.1) is 0 Å². The predicted octanol–water partition coefficient (Wildman–Crippen LogP) is 1.92. The van der Waals surface area contributed by atoms with Crippen LogP contribution in [0.2, 0.25) is 0 Å². The fraction of sp³-hybridized carbons (Fsp3) is 0.571. The number of rotatable bonds is 3. The molecule has 0 spiro atoms. The lowest BCUT2D eigenvalue weighted by Gasteiger charge is -2.36. The van der Waals surface area contributed by atoms with E-state index in [1.807, 2.05) is 0 Å². The van der Waals surface area contributed by atoms with Crippen LogP contribution in [0.15, 0.2) is 12.3 Å². The molecule has 1 aliphatic rings. The number of amides is 1. The average molecular weight is 283 g/mol. The van der Waals surface area contributed by atoms with Crippen molar-refractivity contribution in [3.63, 3.8) is 0 Å². The van der Waals surface area contributed by atoms with Crippen LogP contribution in [0, 0.1) is 11.8 Å². The molecule has 0 N–H and O–H groups in total. The van der Waals surface area contributed by atoms with Crippen LogP contribution in [-0.2, 0) is 0 Å². The molecule has 2 heterocycles. The van der Waals surface area contributed by atoms with Gasteiger partial charge in [0, 0.05) is 32.4 Å². The van der Waals surface area contributed by atoms with Gasteiger partial charge < -0.3 is 9.80 Å². The van der Waals surface area contributed by atoms with Crippen LogP contribution in [0.5, 0.6) is 0 Å². The Morgan fingerprint density at radius 3 is 2.70 bits per heavy atom. The molecule has 1 amide bonds. The third-order valence-electron chi connectivity index (χ3n) is 3.95. The highest BCUT2D eigenvalue weighted by Gasteiger charge is 2.27. The first-order chi connectivity index (χ1) is 9.54. The molecule has 0 saturated carbocycles. The minimum Gasteiger partial charge on any atom is -0.339 e. The highest BCUT2D eigenvalue weighted by molar-refractivity contribution is 5.94. The van der Waals surface area contributed by atoms with E-state index >= 15 is 0 Å².